The van der Waals surface area contributed by atoms with E-state index in [1.165, 1.54) is 27.3 Å². The van der Waals surface area contributed by atoms with E-state index < -0.39 is 17.2 Å². The summed E-state index contributed by atoms with van der Waals surface area (Å²) in [5.41, 5.74) is -0.0162. The van der Waals surface area contributed by atoms with Crippen molar-refractivity contribution in [2.24, 2.45) is 7.05 Å². The fourth-order valence-electron chi connectivity index (χ4n) is 2.64. The summed E-state index contributed by atoms with van der Waals surface area (Å²) >= 11 is 0. The van der Waals surface area contributed by atoms with Crippen LogP contribution in [0.25, 0.3) is 22.4 Å². The van der Waals surface area contributed by atoms with E-state index >= 15 is 0 Å². The largest absolute Gasteiger partial charge is 0.497 e. The van der Waals surface area contributed by atoms with Gasteiger partial charge in [0.15, 0.2) is 0 Å². The maximum absolute atomic E-state index is 14.3. The zero-order valence-electron chi connectivity index (χ0n) is 14.4. The van der Waals surface area contributed by atoms with Crippen molar-refractivity contribution in [2.45, 2.75) is 0 Å². The highest BCUT2D eigenvalue weighted by atomic mass is 19.1. The summed E-state index contributed by atoms with van der Waals surface area (Å²) in [5, 5.41) is 4.21. The van der Waals surface area contributed by atoms with E-state index in [2.05, 4.69) is 5.10 Å². The molecule has 0 aliphatic heterocycles. The minimum atomic E-state index is -0.781. The van der Waals surface area contributed by atoms with Crippen LogP contribution < -0.4 is 15.0 Å². The average Bonchev–Trinajstić information content (AvgIpc) is 2.63. The van der Waals surface area contributed by atoms with Crippen molar-refractivity contribution in [3.8, 4) is 33.9 Å². The van der Waals surface area contributed by atoms with Gasteiger partial charge in [-0.2, -0.15) is 5.10 Å². The Hall–Kier alpha value is -3.22. The van der Waals surface area contributed by atoms with Crippen molar-refractivity contribution in [1.29, 1.82) is 0 Å². The van der Waals surface area contributed by atoms with Gasteiger partial charge in [0.05, 0.1) is 25.5 Å². The summed E-state index contributed by atoms with van der Waals surface area (Å²) in [5.74, 6) is -0.600. The molecule has 26 heavy (non-hydrogen) atoms. The van der Waals surface area contributed by atoms with Gasteiger partial charge in [-0.1, -0.05) is 6.07 Å². The summed E-state index contributed by atoms with van der Waals surface area (Å²) in [6, 6.07) is 9.65. The molecule has 0 bridgehead atoms. The predicted molar refractivity (Wildman–Crippen MR) is 93.4 cm³/mol. The van der Waals surface area contributed by atoms with Crippen molar-refractivity contribution >= 4 is 0 Å². The van der Waals surface area contributed by atoms with Crippen LogP contribution in [0.3, 0.4) is 0 Å². The average molecular weight is 358 g/mol. The summed E-state index contributed by atoms with van der Waals surface area (Å²) in [6.45, 7) is 0. The van der Waals surface area contributed by atoms with Crippen molar-refractivity contribution in [3.05, 3.63) is 64.5 Å². The molecule has 0 amide bonds. The Morgan fingerprint density at radius 2 is 1.54 bits per heavy atom. The second-order valence-electron chi connectivity index (χ2n) is 5.57. The molecule has 0 radical (unpaired) electrons. The lowest BCUT2D eigenvalue weighted by Gasteiger charge is -2.14. The zero-order chi connectivity index (χ0) is 18.8. The molecule has 0 atom stereocenters. The molecule has 0 aliphatic rings. The first kappa shape index (κ1) is 17.6. The molecule has 0 spiro atoms. The van der Waals surface area contributed by atoms with Crippen LogP contribution >= 0.6 is 0 Å². The lowest BCUT2D eigenvalue weighted by Crippen LogP contribution is -2.20. The molecule has 7 heteroatoms. The van der Waals surface area contributed by atoms with Gasteiger partial charge in [-0.3, -0.25) is 4.79 Å². The highest BCUT2D eigenvalue weighted by Gasteiger charge is 2.19. The molecule has 1 aromatic heterocycles. The molecule has 0 fully saturated rings. The van der Waals surface area contributed by atoms with E-state index in [4.69, 9.17) is 9.47 Å². The van der Waals surface area contributed by atoms with Gasteiger partial charge >= 0.3 is 0 Å². The maximum atomic E-state index is 14.3. The monoisotopic (exact) mass is 358 g/mol. The molecule has 5 nitrogen and oxygen atoms in total. The quantitative estimate of drug-likeness (QED) is 0.717. The minimum Gasteiger partial charge on any atom is -0.497 e. The first-order valence-corrected chi connectivity index (χ1v) is 7.70. The number of hydrogen-bond acceptors (Lipinski definition) is 4. The third-order valence-corrected chi connectivity index (χ3v) is 3.95. The Morgan fingerprint density at radius 3 is 2.08 bits per heavy atom. The summed E-state index contributed by atoms with van der Waals surface area (Å²) in [6.07, 6.45) is 0. The number of aryl methyl sites for hydroxylation is 1. The number of hydrogen-bond donors (Lipinski definition) is 0. The van der Waals surface area contributed by atoms with Crippen LogP contribution in [0.15, 0.2) is 47.3 Å². The van der Waals surface area contributed by atoms with Gasteiger partial charge in [0.2, 0.25) is 0 Å². The number of nitrogens with zero attached hydrogens (tertiary/aromatic N) is 2. The lowest BCUT2D eigenvalue weighted by molar-refractivity contribution is 0.394. The Kier molecular flexibility index (Phi) is 4.71. The van der Waals surface area contributed by atoms with Crippen LogP contribution in [-0.2, 0) is 7.05 Å². The van der Waals surface area contributed by atoms with Crippen molar-refractivity contribution in [3.63, 3.8) is 0 Å². The molecule has 3 rings (SSSR count). The topological polar surface area (TPSA) is 53.4 Å². The van der Waals surface area contributed by atoms with Crippen LogP contribution in [0, 0.1) is 11.6 Å². The number of methoxy groups -OCH3 is 2. The van der Waals surface area contributed by atoms with E-state index in [9.17, 15) is 13.6 Å². The zero-order valence-corrected chi connectivity index (χ0v) is 14.4. The van der Waals surface area contributed by atoms with Crippen molar-refractivity contribution < 1.29 is 18.3 Å². The van der Waals surface area contributed by atoms with Crippen molar-refractivity contribution in [1.82, 2.24) is 9.78 Å². The molecule has 0 N–H and O–H groups in total. The van der Waals surface area contributed by atoms with Crippen LogP contribution in [-0.4, -0.2) is 24.0 Å². The van der Waals surface area contributed by atoms with E-state index in [-0.39, 0.29) is 16.8 Å². The summed E-state index contributed by atoms with van der Waals surface area (Å²) in [7, 11) is 4.44. The highest BCUT2D eigenvalue weighted by Crippen LogP contribution is 2.36. The Balaban J connectivity index is 2.36. The molecule has 134 valence electrons. The first-order valence-electron chi connectivity index (χ1n) is 7.70. The lowest BCUT2D eigenvalue weighted by atomic mass is 9.98. The Labute approximate surface area is 148 Å². The van der Waals surface area contributed by atoms with Gasteiger partial charge in [-0.05, 0) is 24.3 Å². The van der Waals surface area contributed by atoms with Gasteiger partial charge in [0.1, 0.15) is 23.1 Å². The van der Waals surface area contributed by atoms with Crippen LogP contribution in [0.5, 0.6) is 11.5 Å². The van der Waals surface area contributed by atoms with E-state index in [1.807, 2.05) is 0 Å². The smallest absolute Gasteiger partial charge is 0.267 e. The molecule has 0 unspecified atom stereocenters. The number of aromatic nitrogens is 2. The van der Waals surface area contributed by atoms with Gasteiger partial charge in [-0.15, -0.1) is 0 Å². The molecule has 1 heterocycles. The molecular weight excluding hydrogens is 342 g/mol. The second-order valence-corrected chi connectivity index (χ2v) is 5.57. The minimum absolute atomic E-state index is 0.0546. The Morgan fingerprint density at radius 1 is 0.962 bits per heavy atom. The molecule has 3 aromatic rings. The third-order valence-electron chi connectivity index (χ3n) is 3.95. The molecular formula is C19H16F2N2O3. The Bertz CT molecular complexity index is 989. The summed E-state index contributed by atoms with van der Waals surface area (Å²) < 4.78 is 40.2. The number of benzene rings is 2. The predicted octanol–water partition coefficient (Wildman–Crippen LogP) is 3.41. The van der Waals surface area contributed by atoms with E-state index in [0.717, 1.165) is 22.9 Å². The standard InChI is InChI=1S/C19H16F2N2O3/c1-23-17(24)10-14(18-15(20)5-4-6-16(18)21)19(22-23)11-7-12(25-2)9-13(8-11)26-3/h4-10H,1-3H3. The van der Waals surface area contributed by atoms with E-state index in [1.54, 1.807) is 18.2 Å². The van der Waals surface area contributed by atoms with Crippen LogP contribution in [0.2, 0.25) is 0 Å². The van der Waals surface area contributed by atoms with E-state index in [0.29, 0.717) is 17.1 Å². The first-order chi connectivity index (χ1) is 12.4. The molecule has 2 aromatic carbocycles. The second kappa shape index (κ2) is 6.95. The van der Waals surface area contributed by atoms with Gasteiger partial charge < -0.3 is 9.47 Å². The SMILES string of the molecule is COc1cc(OC)cc(-c2nn(C)c(=O)cc2-c2c(F)cccc2F)c1. The van der Waals surface area contributed by atoms with Gasteiger partial charge in [-0.25, -0.2) is 13.5 Å². The van der Waals surface area contributed by atoms with Gasteiger partial charge in [0.25, 0.3) is 5.56 Å². The molecule has 0 saturated carbocycles. The number of ether oxygens (including phenoxy) is 2. The number of halogens is 2. The fraction of sp³-hybridized carbons (Fsp3) is 0.158. The van der Waals surface area contributed by atoms with Crippen LogP contribution in [0.4, 0.5) is 8.78 Å². The summed E-state index contributed by atoms with van der Waals surface area (Å²) in [4.78, 5) is 12.1. The van der Waals surface area contributed by atoms with Crippen molar-refractivity contribution in [2.75, 3.05) is 14.2 Å². The number of rotatable bonds is 4. The molecule has 0 aliphatic carbocycles. The third kappa shape index (κ3) is 3.15. The highest BCUT2D eigenvalue weighted by molar-refractivity contribution is 5.81. The fourth-order valence-corrected chi connectivity index (χ4v) is 2.64. The maximum Gasteiger partial charge on any atom is 0.267 e. The van der Waals surface area contributed by atoms with Gasteiger partial charge in [0, 0.05) is 30.3 Å². The van der Waals surface area contributed by atoms with Crippen LogP contribution in [0.1, 0.15) is 0 Å². The molecule has 0 saturated heterocycles. The normalized spacial score (nSPS) is 10.7.